The zero-order valence-electron chi connectivity index (χ0n) is 19.1. The molecular weight excluding hydrogens is 422 g/mol. The van der Waals surface area contributed by atoms with Gasteiger partial charge in [-0.3, -0.25) is 9.69 Å². The van der Waals surface area contributed by atoms with E-state index in [4.69, 9.17) is 13.9 Å². The second-order valence-electron chi connectivity index (χ2n) is 8.29. The Morgan fingerprint density at radius 1 is 1.06 bits per heavy atom. The molecule has 0 aliphatic carbocycles. The highest BCUT2D eigenvalue weighted by atomic mass is 16.5. The van der Waals surface area contributed by atoms with Crippen LogP contribution in [0.3, 0.4) is 0 Å². The highest BCUT2D eigenvalue weighted by Gasteiger charge is 2.21. The lowest BCUT2D eigenvalue weighted by molar-refractivity contribution is 0.0526. The fourth-order valence-electron chi connectivity index (χ4n) is 4.17. The smallest absolute Gasteiger partial charge is 0.338 e. The van der Waals surface area contributed by atoms with Crippen molar-refractivity contribution in [1.82, 2.24) is 4.90 Å². The standard InChI is InChI=1S/C26H29NO6/c1-3-31-26(30)18-8-10-19(11-9-18)33-24-17(2)32-25-20(23(24)29)12-13-22(28)21(25)16-27-14-6-4-5-7-15-27/h8-13,28H,3-7,14-16H2,1-2H3. The maximum Gasteiger partial charge on any atom is 0.338 e. The highest BCUT2D eigenvalue weighted by molar-refractivity contribution is 5.89. The summed E-state index contributed by atoms with van der Waals surface area (Å²) in [6.45, 7) is 6.16. The third-order valence-corrected chi connectivity index (χ3v) is 5.93. The summed E-state index contributed by atoms with van der Waals surface area (Å²) in [6.07, 6.45) is 4.68. The fraction of sp³-hybridized carbons (Fsp3) is 0.385. The molecule has 0 atom stereocenters. The first-order valence-corrected chi connectivity index (χ1v) is 11.4. The number of ether oxygens (including phenoxy) is 2. The van der Waals surface area contributed by atoms with Gasteiger partial charge in [-0.1, -0.05) is 12.8 Å². The van der Waals surface area contributed by atoms with Crippen LogP contribution >= 0.6 is 0 Å². The average Bonchev–Trinajstić information content (AvgIpc) is 3.08. The molecule has 0 spiro atoms. The zero-order valence-corrected chi connectivity index (χ0v) is 19.1. The molecule has 0 bridgehead atoms. The van der Waals surface area contributed by atoms with E-state index in [1.54, 1.807) is 50.2 Å². The van der Waals surface area contributed by atoms with Gasteiger partial charge in [-0.05, 0) is 76.2 Å². The molecule has 4 rings (SSSR count). The molecule has 174 valence electrons. The number of aryl methyl sites for hydroxylation is 1. The Labute approximate surface area is 192 Å². The molecule has 1 aliphatic rings. The predicted molar refractivity (Wildman–Crippen MR) is 125 cm³/mol. The monoisotopic (exact) mass is 451 g/mol. The van der Waals surface area contributed by atoms with E-state index in [9.17, 15) is 14.7 Å². The van der Waals surface area contributed by atoms with Crippen LogP contribution in [0.15, 0.2) is 45.6 Å². The highest BCUT2D eigenvalue weighted by Crippen LogP contribution is 2.32. The van der Waals surface area contributed by atoms with E-state index < -0.39 is 5.97 Å². The van der Waals surface area contributed by atoms with Crippen LogP contribution in [0.4, 0.5) is 0 Å². The van der Waals surface area contributed by atoms with E-state index in [2.05, 4.69) is 4.90 Å². The maximum atomic E-state index is 13.3. The summed E-state index contributed by atoms with van der Waals surface area (Å²) in [6, 6.07) is 9.50. The van der Waals surface area contributed by atoms with Crippen molar-refractivity contribution in [2.24, 2.45) is 0 Å². The number of phenols is 1. The Balaban J connectivity index is 1.65. The van der Waals surface area contributed by atoms with Crippen molar-refractivity contribution in [3.05, 3.63) is 63.5 Å². The first-order valence-electron chi connectivity index (χ1n) is 11.4. The molecule has 1 saturated heterocycles. The minimum Gasteiger partial charge on any atom is -0.507 e. The lowest BCUT2D eigenvalue weighted by atomic mass is 10.1. The number of nitrogens with zero attached hydrogens (tertiary/aromatic N) is 1. The molecule has 3 aromatic rings. The van der Waals surface area contributed by atoms with Gasteiger partial charge in [-0.15, -0.1) is 0 Å². The molecule has 1 aliphatic heterocycles. The minimum atomic E-state index is -0.415. The third-order valence-electron chi connectivity index (χ3n) is 5.93. The van der Waals surface area contributed by atoms with Crippen LogP contribution in [0.2, 0.25) is 0 Å². The number of phenolic OH excluding ortho intramolecular Hbond substituents is 1. The number of carbonyl (C=O) groups excluding carboxylic acids is 1. The van der Waals surface area contributed by atoms with Crippen molar-refractivity contribution in [1.29, 1.82) is 0 Å². The lowest BCUT2D eigenvalue weighted by Gasteiger charge is -2.21. The summed E-state index contributed by atoms with van der Waals surface area (Å²) in [5.74, 6) is 0.517. The molecule has 1 aromatic heterocycles. The second kappa shape index (κ2) is 10.1. The van der Waals surface area contributed by atoms with E-state index in [0.29, 0.717) is 46.8 Å². The first-order chi connectivity index (χ1) is 16.0. The van der Waals surface area contributed by atoms with Crippen molar-refractivity contribution in [3.8, 4) is 17.2 Å². The Bertz CT molecular complexity index is 1190. The van der Waals surface area contributed by atoms with Gasteiger partial charge in [0.1, 0.15) is 22.8 Å². The number of carbonyl (C=O) groups is 1. The van der Waals surface area contributed by atoms with Crippen LogP contribution in [0.5, 0.6) is 17.2 Å². The summed E-state index contributed by atoms with van der Waals surface area (Å²) < 4.78 is 16.9. The van der Waals surface area contributed by atoms with Crippen LogP contribution in [0.1, 0.15) is 54.3 Å². The van der Waals surface area contributed by atoms with Crippen LogP contribution in [-0.2, 0) is 11.3 Å². The molecule has 7 nitrogen and oxygen atoms in total. The average molecular weight is 452 g/mol. The quantitative estimate of drug-likeness (QED) is 0.518. The minimum absolute atomic E-state index is 0.0813. The van der Waals surface area contributed by atoms with Gasteiger partial charge in [0, 0.05) is 6.54 Å². The van der Waals surface area contributed by atoms with Crippen LogP contribution in [-0.4, -0.2) is 35.7 Å². The number of hydrogen-bond donors (Lipinski definition) is 1. The van der Waals surface area contributed by atoms with Gasteiger partial charge in [0.05, 0.1) is 23.1 Å². The molecule has 33 heavy (non-hydrogen) atoms. The van der Waals surface area contributed by atoms with E-state index in [0.717, 1.165) is 25.9 Å². The number of esters is 1. The topological polar surface area (TPSA) is 89.2 Å². The van der Waals surface area contributed by atoms with E-state index in [-0.39, 0.29) is 16.9 Å². The van der Waals surface area contributed by atoms with Crippen molar-refractivity contribution >= 4 is 16.9 Å². The Morgan fingerprint density at radius 3 is 2.42 bits per heavy atom. The molecule has 2 aromatic carbocycles. The molecular formula is C26H29NO6. The largest absolute Gasteiger partial charge is 0.507 e. The van der Waals surface area contributed by atoms with E-state index in [1.807, 2.05) is 0 Å². The molecule has 1 N–H and O–H groups in total. The molecule has 0 unspecified atom stereocenters. The molecule has 1 fully saturated rings. The van der Waals surface area contributed by atoms with Crippen molar-refractivity contribution in [2.75, 3.05) is 19.7 Å². The van der Waals surface area contributed by atoms with Crippen molar-refractivity contribution in [2.45, 2.75) is 46.1 Å². The number of fused-ring (bicyclic) bond motifs is 1. The maximum absolute atomic E-state index is 13.3. The zero-order chi connectivity index (χ0) is 23.4. The first kappa shape index (κ1) is 22.9. The Kier molecular flexibility index (Phi) is 6.99. The molecule has 0 amide bonds. The second-order valence-corrected chi connectivity index (χ2v) is 8.29. The summed E-state index contributed by atoms with van der Waals surface area (Å²) in [5.41, 5.74) is 1.12. The van der Waals surface area contributed by atoms with Crippen LogP contribution in [0.25, 0.3) is 11.0 Å². The lowest BCUT2D eigenvalue weighted by Crippen LogP contribution is -2.24. The fourth-order valence-corrected chi connectivity index (χ4v) is 4.17. The van der Waals surface area contributed by atoms with Gasteiger partial charge < -0.3 is 19.0 Å². The third kappa shape index (κ3) is 5.03. The van der Waals surface area contributed by atoms with Crippen molar-refractivity contribution in [3.63, 3.8) is 0 Å². The summed E-state index contributed by atoms with van der Waals surface area (Å²) in [4.78, 5) is 27.4. The van der Waals surface area contributed by atoms with Gasteiger partial charge in [-0.2, -0.15) is 0 Å². The molecule has 2 heterocycles. The van der Waals surface area contributed by atoms with Gasteiger partial charge >= 0.3 is 5.97 Å². The Morgan fingerprint density at radius 2 is 1.76 bits per heavy atom. The summed E-state index contributed by atoms with van der Waals surface area (Å²) in [7, 11) is 0. The van der Waals surface area contributed by atoms with E-state index >= 15 is 0 Å². The normalized spacial score (nSPS) is 14.7. The van der Waals surface area contributed by atoms with Crippen molar-refractivity contribution < 1.29 is 23.8 Å². The number of rotatable bonds is 6. The molecule has 7 heteroatoms. The Hall–Kier alpha value is -3.32. The van der Waals surface area contributed by atoms with Gasteiger partial charge in [0.15, 0.2) is 0 Å². The van der Waals surface area contributed by atoms with Crippen LogP contribution < -0.4 is 10.2 Å². The van der Waals surface area contributed by atoms with Crippen LogP contribution in [0, 0.1) is 6.92 Å². The van der Waals surface area contributed by atoms with Gasteiger partial charge in [0.2, 0.25) is 11.2 Å². The number of benzene rings is 2. The SMILES string of the molecule is CCOC(=O)c1ccc(Oc2c(C)oc3c(CN4CCCCCC4)c(O)ccc3c2=O)cc1. The molecule has 0 saturated carbocycles. The number of hydrogen-bond acceptors (Lipinski definition) is 7. The number of aromatic hydroxyl groups is 1. The summed E-state index contributed by atoms with van der Waals surface area (Å²) in [5, 5.41) is 10.9. The summed E-state index contributed by atoms with van der Waals surface area (Å²) >= 11 is 0. The van der Waals surface area contributed by atoms with Gasteiger partial charge in [-0.25, -0.2) is 4.79 Å². The number of likely N-dealkylation sites (tertiary alicyclic amines) is 1. The van der Waals surface area contributed by atoms with Gasteiger partial charge in [0.25, 0.3) is 0 Å². The van der Waals surface area contributed by atoms with E-state index in [1.165, 1.54) is 12.8 Å². The molecule has 0 radical (unpaired) electrons. The predicted octanol–water partition coefficient (Wildman–Crippen LogP) is 5.15.